The molecule has 1 atom stereocenters. The van der Waals surface area contributed by atoms with E-state index in [1.54, 1.807) is 12.3 Å². The molecule has 3 rings (SSSR count). The fourth-order valence-electron chi connectivity index (χ4n) is 2.61. The Bertz CT molecular complexity index is 761. The van der Waals surface area contributed by atoms with Gasteiger partial charge in [-0.05, 0) is 30.2 Å². The van der Waals surface area contributed by atoms with Crippen LogP contribution in [0.4, 0.5) is 5.82 Å². The molecule has 5 nitrogen and oxygen atoms in total. The maximum absolute atomic E-state index is 12.2. The van der Waals surface area contributed by atoms with Crippen molar-refractivity contribution in [1.29, 1.82) is 0 Å². The fraction of sp³-hybridized carbons (Fsp3) is 0.235. The number of sulfonamides is 1. The maximum Gasteiger partial charge on any atom is 0.234 e. The summed E-state index contributed by atoms with van der Waals surface area (Å²) in [5.74, 6) is 0.883. The summed E-state index contributed by atoms with van der Waals surface area (Å²) in [6.45, 7) is 1.43. The van der Waals surface area contributed by atoms with Crippen LogP contribution in [-0.4, -0.2) is 32.5 Å². The molecular formula is C17H19N3O2S. The summed E-state index contributed by atoms with van der Waals surface area (Å²) in [5, 5.41) is 1.23. The van der Waals surface area contributed by atoms with E-state index in [0.717, 1.165) is 24.3 Å². The molecule has 0 saturated carbocycles. The molecule has 1 N–H and O–H groups in total. The van der Waals surface area contributed by atoms with E-state index in [1.165, 1.54) is 5.41 Å². The van der Waals surface area contributed by atoms with Gasteiger partial charge in [0.2, 0.25) is 10.0 Å². The summed E-state index contributed by atoms with van der Waals surface area (Å²) in [6.07, 6.45) is 4.12. The normalized spacial score (nSPS) is 18.6. The van der Waals surface area contributed by atoms with Gasteiger partial charge in [-0.25, -0.2) is 18.1 Å². The number of rotatable bonds is 5. The second-order valence-corrected chi connectivity index (χ2v) is 7.09. The first-order valence-electron chi connectivity index (χ1n) is 7.54. The minimum Gasteiger partial charge on any atom is -0.355 e. The molecule has 23 heavy (non-hydrogen) atoms. The number of hydrogen-bond acceptors (Lipinski definition) is 4. The molecule has 1 aromatic carbocycles. The number of pyridine rings is 1. The molecule has 1 aliphatic rings. The largest absolute Gasteiger partial charge is 0.355 e. The van der Waals surface area contributed by atoms with Crippen LogP contribution in [0.25, 0.3) is 6.08 Å². The summed E-state index contributed by atoms with van der Waals surface area (Å²) in [4.78, 5) is 6.39. The molecule has 1 saturated heterocycles. The van der Waals surface area contributed by atoms with Crippen LogP contribution in [0.15, 0.2) is 60.1 Å². The van der Waals surface area contributed by atoms with E-state index in [4.69, 9.17) is 0 Å². The number of benzene rings is 1. The maximum atomic E-state index is 12.2. The Balaban J connectivity index is 1.60. The van der Waals surface area contributed by atoms with Gasteiger partial charge in [0.25, 0.3) is 0 Å². The Morgan fingerprint density at radius 3 is 2.65 bits per heavy atom. The SMILES string of the molecule is O=S(=O)(/C=C/c1ccccc1)NC1CCN(c2ccccn2)C1. The number of nitrogens with one attached hydrogen (secondary N) is 1. The van der Waals surface area contributed by atoms with E-state index in [9.17, 15) is 8.42 Å². The minimum absolute atomic E-state index is 0.0950. The predicted molar refractivity (Wildman–Crippen MR) is 92.4 cm³/mol. The molecule has 0 amide bonds. The van der Waals surface area contributed by atoms with E-state index >= 15 is 0 Å². The zero-order valence-electron chi connectivity index (χ0n) is 12.7. The van der Waals surface area contributed by atoms with E-state index in [1.807, 2.05) is 48.5 Å². The Kier molecular flexibility index (Phi) is 4.73. The highest BCUT2D eigenvalue weighted by Gasteiger charge is 2.26. The molecule has 1 fully saturated rings. The summed E-state index contributed by atoms with van der Waals surface area (Å²) >= 11 is 0. The van der Waals surface area contributed by atoms with Crippen LogP contribution in [0.1, 0.15) is 12.0 Å². The molecule has 120 valence electrons. The number of hydrogen-bond donors (Lipinski definition) is 1. The molecule has 2 aromatic rings. The second-order valence-electron chi connectivity index (χ2n) is 5.50. The molecule has 0 bridgehead atoms. The lowest BCUT2D eigenvalue weighted by atomic mass is 10.2. The van der Waals surface area contributed by atoms with Crippen LogP contribution >= 0.6 is 0 Å². The summed E-state index contributed by atoms with van der Waals surface area (Å²) in [7, 11) is -3.45. The van der Waals surface area contributed by atoms with Crippen molar-refractivity contribution < 1.29 is 8.42 Å². The van der Waals surface area contributed by atoms with Crippen molar-refractivity contribution in [1.82, 2.24) is 9.71 Å². The van der Waals surface area contributed by atoms with Crippen LogP contribution in [0.5, 0.6) is 0 Å². The van der Waals surface area contributed by atoms with E-state index < -0.39 is 10.0 Å². The monoisotopic (exact) mass is 329 g/mol. The molecule has 1 aromatic heterocycles. The van der Waals surface area contributed by atoms with Gasteiger partial charge in [-0.1, -0.05) is 36.4 Å². The molecule has 0 spiro atoms. The minimum atomic E-state index is -3.45. The van der Waals surface area contributed by atoms with Crippen molar-refractivity contribution in [3.63, 3.8) is 0 Å². The van der Waals surface area contributed by atoms with Gasteiger partial charge in [-0.15, -0.1) is 0 Å². The van der Waals surface area contributed by atoms with Crippen LogP contribution in [0.2, 0.25) is 0 Å². The lowest BCUT2D eigenvalue weighted by Gasteiger charge is -2.17. The average molecular weight is 329 g/mol. The van der Waals surface area contributed by atoms with Gasteiger partial charge in [0.1, 0.15) is 5.82 Å². The van der Waals surface area contributed by atoms with Crippen molar-refractivity contribution >= 4 is 21.9 Å². The molecule has 0 radical (unpaired) electrons. The Morgan fingerprint density at radius 1 is 1.13 bits per heavy atom. The van der Waals surface area contributed by atoms with E-state index in [-0.39, 0.29) is 6.04 Å². The molecular weight excluding hydrogens is 310 g/mol. The first kappa shape index (κ1) is 15.7. The second kappa shape index (κ2) is 6.93. The van der Waals surface area contributed by atoms with Gasteiger partial charge >= 0.3 is 0 Å². The van der Waals surface area contributed by atoms with E-state index in [2.05, 4.69) is 14.6 Å². The Hall–Kier alpha value is -2.18. The quantitative estimate of drug-likeness (QED) is 0.914. The van der Waals surface area contributed by atoms with Crippen molar-refractivity contribution in [3.05, 3.63) is 65.7 Å². The van der Waals surface area contributed by atoms with Gasteiger partial charge in [-0.3, -0.25) is 0 Å². The molecule has 1 unspecified atom stereocenters. The van der Waals surface area contributed by atoms with Crippen LogP contribution in [0.3, 0.4) is 0 Å². The number of aromatic nitrogens is 1. The van der Waals surface area contributed by atoms with Crippen molar-refractivity contribution in [2.75, 3.05) is 18.0 Å². The fourth-order valence-corrected chi connectivity index (χ4v) is 3.68. The predicted octanol–water partition coefficient (Wildman–Crippen LogP) is 2.25. The van der Waals surface area contributed by atoms with Crippen LogP contribution in [0, 0.1) is 0 Å². The lowest BCUT2D eigenvalue weighted by molar-refractivity contribution is 0.570. The smallest absolute Gasteiger partial charge is 0.234 e. The standard InChI is InChI=1S/C17H19N3O2S/c21-23(22,13-10-15-6-2-1-3-7-15)19-16-9-12-20(14-16)17-8-4-5-11-18-17/h1-8,10-11,13,16,19H,9,12,14H2/b13-10+. The van der Waals surface area contributed by atoms with Gasteiger partial charge in [0.05, 0.1) is 0 Å². The zero-order chi connectivity index (χ0) is 16.1. The molecule has 6 heteroatoms. The van der Waals surface area contributed by atoms with Gasteiger partial charge in [-0.2, -0.15) is 0 Å². The van der Waals surface area contributed by atoms with Crippen LogP contribution in [-0.2, 0) is 10.0 Å². The lowest BCUT2D eigenvalue weighted by Crippen LogP contribution is -2.36. The number of anilines is 1. The van der Waals surface area contributed by atoms with Crippen molar-refractivity contribution in [3.8, 4) is 0 Å². The number of nitrogens with zero attached hydrogens (tertiary/aromatic N) is 2. The topological polar surface area (TPSA) is 62.3 Å². The van der Waals surface area contributed by atoms with Gasteiger partial charge < -0.3 is 4.90 Å². The van der Waals surface area contributed by atoms with Gasteiger partial charge in [0, 0.05) is 30.7 Å². The van der Waals surface area contributed by atoms with Crippen LogP contribution < -0.4 is 9.62 Å². The Labute approximate surface area is 136 Å². The van der Waals surface area contributed by atoms with Crippen molar-refractivity contribution in [2.45, 2.75) is 12.5 Å². The third-order valence-electron chi connectivity index (χ3n) is 3.73. The van der Waals surface area contributed by atoms with E-state index in [0.29, 0.717) is 6.54 Å². The summed E-state index contributed by atoms with van der Waals surface area (Å²) in [6, 6.07) is 15.0. The highest BCUT2D eigenvalue weighted by Crippen LogP contribution is 2.18. The third-order valence-corrected chi connectivity index (χ3v) is 4.89. The highest BCUT2D eigenvalue weighted by atomic mass is 32.2. The molecule has 1 aliphatic heterocycles. The van der Waals surface area contributed by atoms with Crippen molar-refractivity contribution in [2.24, 2.45) is 0 Å². The zero-order valence-corrected chi connectivity index (χ0v) is 13.5. The highest BCUT2D eigenvalue weighted by molar-refractivity contribution is 7.92. The first-order valence-corrected chi connectivity index (χ1v) is 9.08. The summed E-state index contributed by atoms with van der Waals surface area (Å²) < 4.78 is 27.1. The molecule has 2 heterocycles. The Morgan fingerprint density at radius 2 is 1.91 bits per heavy atom. The average Bonchev–Trinajstić information content (AvgIpc) is 3.03. The third kappa shape index (κ3) is 4.40. The van der Waals surface area contributed by atoms with Gasteiger partial charge in [0.15, 0.2) is 0 Å². The summed E-state index contributed by atoms with van der Waals surface area (Å²) in [5.41, 5.74) is 0.861. The first-order chi connectivity index (χ1) is 11.1. The molecule has 0 aliphatic carbocycles.